The second-order valence-corrected chi connectivity index (χ2v) is 5.47. The number of rotatable bonds is 4. The van der Waals surface area contributed by atoms with Crippen molar-refractivity contribution in [3.63, 3.8) is 0 Å². The number of hydrogen-bond acceptors (Lipinski definition) is 4. The van der Waals surface area contributed by atoms with Crippen LogP contribution in [-0.4, -0.2) is 24.1 Å². The molecule has 0 bridgehead atoms. The molecule has 1 unspecified atom stereocenters. The summed E-state index contributed by atoms with van der Waals surface area (Å²) in [7, 11) is 0. The number of piperidine rings is 1. The highest BCUT2D eigenvalue weighted by atomic mass is 16.4. The van der Waals surface area contributed by atoms with E-state index in [1.807, 2.05) is 0 Å². The van der Waals surface area contributed by atoms with Crippen molar-refractivity contribution < 1.29 is 4.42 Å². The average Bonchev–Trinajstić information content (AvgIpc) is 3.04. The summed E-state index contributed by atoms with van der Waals surface area (Å²) in [6.07, 6.45) is 7.00. The molecule has 4 nitrogen and oxygen atoms in total. The van der Waals surface area contributed by atoms with Gasteiger partial charge in [-0.25, -0.2) is 0 Å². The first-order valence-corrected chi connectivity index (χ1v) is 6.74. The molecule has 1 aliphatic carbocycles. The maximum absolute atomic E-state index is 5.58. The van der Waals surface area contributed by atoms with Crippen molar-refractivity contribution in [1.82, 2.24) is 10.3 Å². The van der Waals surface area contributed by atoms with Crippen LogP contribution in [0.25, 0.3) is 0 Å². The molecule has 94 valence electrons. The van der Waals surface area contributed by atoms with Crippen molar-refractivity contribution in [3.8, 4) is 0 Å². The summed E-state index contributed by atoms with van der Waals surface area (Å²) in [5, 5.41) is 3.46. The molecule has 1 aromatic heterocycles. The third-order valence-electron chi connectivity index (χ3n) is 3.62. The first kappa shape index (κ1) is 11.1. The smallest absolute Gasteiger partial charge is 0.297 e. The van der Waals surface area contributed by atoms with Crippen molar-refractivity contribution in [2.75, 3.05) is 18.0 Å². The van der Waals surface area contributed by atoms with Crippen LogP contribution in [0.2, 0.25) is 0 Å². The van der Waals surface area contributed by atoms with E-state index in [1.54, 1.807) is 6.26 Å². The molecule has 1 aliphatic heterocycles. The molecule has 2 fully saturated rings. The van der Waals surface area contributed by atoms with Gasteiger partial charge in [-0.3, -0.25) is 0 Å². The molecule has 0 radical (unpaired) electrons. The van der Waals surface area contributed by atoms with Gasteiger partial charge in [0.2, 0.25) is 0 Å². The Labute approximate surface area is 102 Å². The third-order valence-corrected chi connectivity index (χ3v) is 3.62. The van der Waals surface area contributed by atoms with E-state index in [0.29, 0.717) is 0 Å². The van der Waals surface area contributed by atoms with Gasteiger partial charge in [-0.05, 0) is 31.6 Å². The van der Waals surface area contributed by atoms with Crippen LogP contribution in [0.4, 0.5) is 6.01 Å². The maximum Gasteiger partial charge on any atom is 0.297 e. The van der Waals surface area contributed by atoms with Gasteiger partial charge in [-0.15, -0.1) is 0 Å². The van der Waals surface area contributed by atoms with Crippen molar-refractivity contribution in [2.24, 2.45) is 5.92 Å². The van der Waals surface area contributed by atoms with Crippen molar-refractivity contribution in [2.45, 2.75) is 45.2 Å². The average molecular weight is 235 g/mol. The Bertz CT molecular complexity index is 372. The fraction of sp³-hybridized carbons (Fsp3) is 0.769. The molecule has 3 rings (SSSR count). The Morgan fingerprint density at radius 3 is 3.12 bits per heavy atom. The zero-order valence-electron chi connectivity index (χ0n) is 10.5. The first-order valence-electron chi connectivity index (χ1n) is 6.74. The molecule has 2 aliphatic rings. The van der Waals surface area contributed by atoms with Gasteiger partial charge < -0.3 is 14.6 Å². The topological polar surface area (TPSA) is 41.3 Å². The minimum absolute atomic E-state index is 0.727. The molecular formula is C13H21N3O. The quantitative estimate of drug-likeness (QED) is 0.868. The number of nitrogens with one attached hydrogen (secondary N) is 1. The van der Waals surface area contributed by atoms with Crippen LogP contribution >= 0.6 is 0 Å². The van der Waals surface area contributed by atoms with E-state index >= 15 is 0 Å². The van der Waals surface area contributed by atoms with Crippen LogP contribution in [0.5, 0.6) is 0 Å². The Morgan fingerprint density at radius 2 is 2.35 bits per heavy atom. The highest BCUT2D eigenvalue weighted by Crippen LogP contribution is 2.23. The summed E-state index contributed by atoms with van der Waals surface area (Å²) in [5.41, 5.74) is 1.03. The zero-order valence-corrected chi connectivity index (χ0v) is 10.5. The summed E-state index contributed by atoms with van der Waals surface area (Å²) >= 11 is 0. The van der Waals surface area contributed by atoms with Crippen LogP contribution in [-0.2, 0) is 6.54 Å². The SMILES string of the molecule is CC1CCCN(c2nc(CNC3CC3)co2)C1. The van der Waals surface area contributed by atoms with Crippen molar-refractivity contribution in [1.29, 1.82) is 0 Å². The zero-order chi connectivity index (χ0) is 11.7. The minimum atomic E-state index is 0.727. The largest absolute Gasteiger partial charge is 0.432 e. The van der Waals surface area contributed by atoms with E-state index in [4.69, 9.17) is 4.42 Å². The summed E-state index contributed by atoms with van der Waals surface area (Å²) in [6.45, 7) is 5.30. The van der Waals surface area contributed by atoms with Crippen LogP contribution in [0.15, 0.2) is 10.7 Å². The first-order chi connectivity index (χ1) is 8.31. The van der Waals surface area contributed by atoms with Gasteiger partial charge in [0.25, 0.3) is 6.01 Å². The van der Waals surface area contributed by atoms with E-state index < -0.39 is 0 Å². The molecule has 1 N–H and O–H groups in total. The summed E-state index contributed by atoms with van der Waals surface area (Å²) < 4.78 is 5.58. The molecule has 1 saturated carbocycles. The number of oxazole rings is 1. The molecule has 17 heavy (non-hydrogen) atoms. The number of aromatic nitrogens is 1. The standard InChI is InChI=1S/C13H21N3O/c1-10-3-2-6-16(8-10)13-15-12(9-17-13)7-14-11-4-5-11/h9-11,14H,2-8H2,1H3. The Balaban J connectivity index is 1.58. The van der Waals surface area contributed by atoms with E-state index in [1.165, 1.54) is 25.7 Å². The molecule has 0 amide bonds. The number of anilines is 1. The van der Waals surface area contributed by atoms with Crippen LogP contribution in [0.1, 0.15) is 38.3 Å². The molecule has 0 aromatic carbocycles. The van der Waals surface area contributed by atoms with Crippen LogP contribution in [0.3, 0.4) is 0 Å². The summed E-state index contributed by atoms with van der Waals surface area (Å²) in [5.74, 6) is 0.753. The molecule has 1 atom stereocenters. The van der Waals surface area contributed by atoms with Gasteiger partial charge in [0.05, 0.1) is 5.69 Å². The van der Waals surface area contributed by atoms with Gasteiger partial charge in [-0.1, -0.05) is 6.92 Å². The third kappa shape index (κ3) is 2.80. The Morgan fingerprint density at radius 1 is 1.47 bits per heavy atom. The second kappa shape index (κ2) is 4.69. The van der Waals surface area contributed by atoms with Crippen molar-refractivity contribution >= 4 is 6.01 Å². The van der Waals surface area contributed by atoms with Gasteiger partial charge >= 0.3 is 0 Å². The van der Waals surface area contributed by atoms with Gasteiger partial charge in [-0.2, -0.15) is 4.98 Å². The van der Waals surface area contributed by atoms with Crippen LogP contribution in [0, 0.1) is 5.92 Å². The van der Waals surface area contributed by atoms with Gasteiger partial charge in [0.15, 0.2) is 0 Å². The van der Waals surface area contributed by atoms with E-state index in [0.717, 1.165) is 43.3 Å². The number of nitrogens with zero attached hydrogens (tertiary/aromatic N) is 2. The molecule has 2 heterocycles. The Hall–Kier alpha value is -1.03. The lowest BCUT2D eigenvalue weighted by Crippen LogP contribution is -2.34. The van der Waals surface area contributed by atoms with E-state index in [-0.39, 0.29) is 0 Å². The molecule has 0 spiro atoms. The van der Waals surface area contributed by atoms with E-state index in [2.05, 4.69) is 22.1 Å². The monoisotopic (exact) mass is 235 g/mol. The fourth-order valence-corrected chi connectivity index (χ4v) is 2.42. The van der Waals surface area contributed by atoms with Gasteiger partial charge in [0, 0.05) is 25.7 Å². The maximum atomic E-state index is 5.58. The lowest BCUT2D eigenvalue weighted by atomic mass is 10.0. The predicted molar refractivity (Wildman–Crippen MR) is 67.0 cm³/mol. The molecule has 1 saturated heterocycles. The van der Waals surface area contributed by atoms with Crippen LogP contribution < -0.4 is 10.2 Å². The second-order valence-electron chi connectivity index (χ2n) is 5.47. The lowest BCUT2D eigenvalue weighted by Gasteiger charge is -2.29. The van der Waals surface area contributed by atoms with Gasteiger partial charge in [0.1, 0.15) is 6.26 Å². The predicted octanol–water partition coefficient (Wildman–Crippen LogP) is 2.16. The number of hydrogen-bond donors (Lipinski definition) is 1. The molecule has 1 aromatic rings. The highest BCUT2D eigenvalue weighted by molar-refractivity contribution is 5.27. The Kier molecular flexibility index (Phi) is 3.05. The summed E-state index contributed by atoms with van der Waals surface area (Å²) in [4.78, 5) is 6.84. The lowest BCUT2D eigenvalue weighted by molar-refractivity contribution is 0.416. The molecular weight excluding hydrogens is 214 g/mol. The fourth-order valence-electron chi connectivity index (χ4n) is 2.42. The van der Waals surface area contributed by atoms with Crippen molar-refractivity contribution in [3.05, 3.63) is 12.0 Å². The normalized spacial score (nSPS) is 25.2. The summed E-state index contributed by atoms with van der Waals surface area (Å²) in [6, 6.07) is 1.54. The van der Waals surface area contributed by atoms with E-state index in [9.17, 15) is 0 Å². The highest BCUT2D eigenvalue weighted by Gasteiger charge is 2.22. The minimum Gasteiger partial charge on any atom is -0.432 e. The molecule has 4 heteroatoms.